The number of nitrogens with one attached hydrogen (secondary N) is 1. The largest absolute Gasteiger partial charge is 0.306 e. The van der Waals surface area contributed by atoms with Gasteiger partial charge in [-0.2, -0.15) is 10.4 Å². The second-order valence-electron chi connectivity index (χ2n) is 5.87. The van der Waals surface area contributed by atoms with E-state index >= 15 is 0 Å². The number of hydrogen-bond acceptors (Lipinski definition) is 5. The van der Waals surface area contributed by atoms with Crippen molar-refractivity contribution >= 4 is 17.0 Å². The van der Waals surface area contributed by atoms with Gasteiger partial charge in [0.15, 0.2) is 11.1 Å². The van der Waals surface area contributed by atoms with Crippen molar-refractivity contribution in [1.82, 2.24) is 15.3 Å². The average molecular weight is 362 g/mol. The van der Waals surface area contributed by atoms with Gasteiger partial charge in [0.05, 0.1) is 29.0 Å². The van der Waals surface area contributed by atoms with Gasteiger partial charge in [0, 0.05) is 23.9 Å². The second kappa shape index (κ2) is 8.02. The summed E-state index contributed by atoms with van der Waals surface area (Å²) in [5.74, 6) is -1.03. The molecule has 132 valence electrons. The summed E-state index contributed by atoms with van der Waals surface area (Å²) in [5, 5.41) is 22.2. The highest BCUT2D eigenvalue weighted by molar-refractivity contribution is 7.79. The first-order valence-electron chi connectivity index (χ1n) is 7.43. The van der Waals surface area contributed by atoms with Gasteiger partial charge in [0.2, 0.25) is 5.91 Å². The minimum atomic E-state index is -2.18. The standard InChI is InChI=1S/C16H18N4O4S/c1-16(11-25(23)24,15(21)19-22)6-7-20-10-13(9-18-20)14-5-3-2-4-12(14)8-17/h2-5,9-10,22H,6-7,11H2,1H3,(H,19,21)(H,23,24). The van der Waals surface area contributed by atoms with Gasteiger partial charge in [-0.1, -0.05) is 18.2 Å². The van der Waals surface area contributed by atoms with Crippen LogP contribution in [0.4, 0.5) is 0 Å². The number of hydroxylamine groups is 1. The Morgan fingerprint density at radius 2 is 2.20 bits per heavy atom. The van der Waals surface area contributed by atoms with Crippen molar-refractivity contribution in [2.45, 2.75) is 19.9 Å². The zero-order chi connectivity index (χ0) is 18.4. The molecule has 2 atom stereocenters. The number of benzene rings is 1. The SMILES string of the molecule is CC(CCn1cc(-c2ccccc2C#N)cn1)(CS(=O)O)C(=O)NO. The lowest BCUT2D eigenvalue weighted by atomic mass is 9.88. The summed E-state index contributed by atoms with van der Waals surface area (Å²) in [4.78, 5) is 11.8. The Labute approximate surface area is 147 Å². The van der Waals surface area contributed by atoms with Gasteiger partial charge in [0.25, 0.3) is 0 Å². The number of carbonyl (C=O) groups is 1. The molecule has 1 heterocycles. The van der Waals surface area contributed by atoms with Crippen LogP contribution in [0.2, 0.25) is 0 Å². The van der Waals surface area contributed by atoms with Crippen molar-refractivity contribution in [2.75, 3.05) is 5.75 Å². The van der Waals surface area contributed by atoms with E-state index in [1.54, 1.807) is 34.7 Å². The zero-order valence-electron chi connectivity index (χ0n) is 13.5. The Hall–Kier alpha value is -2.54. The molecule has 0 aliphatic rings. The van der Waals surface area contributed by atoms with Gasteiger partial charge in [-0.25, -0.2) is 9.69 Å². The molecule has 0 fully saturated rings. The summed E-state index contributed by atoms with van der Waals surface area (Å²) >= 11 is -2.18. The molecule has 0 aliphatic carbocycles. The fraction of sp³-hybridized carbons (Fsp3) is 0.312. The molecule has 0 saturated heterocycles. The van der Waals surface area contributed by atoms with Crippen LogP contribution in [0, 0.1) is 16.7 Å². The van der Waals surface area contributed by atoms with Gasteiger partial charge in [-0.15, -0.1) is 0 Å². The highest BCUT2D eigenvalue weighted by Gasteiger charge is 2.35. The van der Waals surface area contributed by atoms with Crippen LogP contribution in [-0.2, 0) is 22.4 Å². The fourth-order valence-corrected chi connectivity index (χ4v) is 3.30. The maximum atomic E-state index is 11.8. The first kappa shape index (κ1) is 18.8. The van der Waals surface area contributed by atoms with Gasteiger partial charge >= 0.3 is 0 Å². The lowest BCUT2D eigenvalue weighted by Crippen LogP contribution is -2.42. The number of aryl methyl sites for hydroxylation is 1. The van der Waals surface area contributed by atoms with Crippen LogP contribution < -0.4 is 5.48 Å². The molecule has 0 aliphatic heterocycles. The summed E-state index contributed by atoms with van der Waals surface area (Å²) < 4.78 is 21.8. The molecule has 0 saturated carbocycles. The van der Waals surface area contributed by atoms with Crippen LogP contribution in [0.3, 0.4) is 0 Å². The third kappa shape index (κ3) is 4.51. The van der Waals surface area contributed by atoms with Crippen molar-refractivity contribution in [3.05, 3.63) is 42.2 Å². The molecule has 1 amide bonds. The molecule has 0 spiro atoms. The molecule has 25 heavy (non-hydrogen) atoms. The number of rotatable bonds is 7. The maximum Gasteiger partial charge on any atom is 0.250 e. The molecule has 3 N–H and O–H groups in total. The summed E-state index contributed by atoms with van der Waals surface area (Å²) in [6, 6.07) is 9.26. The third-order valence-electron chi connectivity index (χ3n) is 3.98. The van der Waals surface area contributed by atoms with E-state index in [2.05, 4.69) is 11.2 Å². The molecule has 1 aromatic carbocycles. The van der Waals surface area contributed by atoms with E-state index in [9.17, 15) is 14.3 Å². The van der Waals surface area contributed by atoms with Crippen molar-refractivity contribution < 1.29 is 18.8 Å². The van der Waals surface area contributed by atoms with E-state index in [0.717, 1.165) is 11.1 Å². The van der Waals surface area contributed by atoms with Crippen LogP contribution in [0.15, 0.2) is 36.7 Å². The molecule has 0 radical (unpaired) electrons. The predicted octanol–water partition coefficient (Wildman–Crippen LogP) is 1.55. The number of aromatic nitrogens is 2. The van der Waals surface area contributed by atoms with Crippen molar-refractivity contribution in [3.8, 4) is 17.2 Å². The number of carbonyl (C=O) groups excluding carboxylic acids is 1. The monoisotopic (exact) mass is 362 g/mol. The topological polar surface area (TPSA) is 128 Å². The molecular formula is C16H18N4O4S. The van der Waals surface area contributed by atoms with E-state index in [1.807, 2.05) is 12.1 Å². The molecule has 9 heteroatoms. The van der Waals surface area contributed by atoms with E-state index in [0.29, 0.717) is 12.1 Å². The van der Waals surface area contributed by atoms with Crippen LogP contribution in [-0.4, -0.2) is 35.4 Å². The van der Waals surface area contributed by atoms with Crippen LogP contribution in [0.25, 0.3) is 11.1 Å². The first-order chi connectivity index (χ1) is 11.9. The minimum Gasteiger partial charge on any atom is -0.306 e. The average Bonchev–Trinajstić information content (AvgIpc) is 3.07. The smallest absolute Gasteiger partial charge is 0.250 e. The van der Waals surface area contributed by atoms with Gasteiger partial charge in [-0.3, -0.25) is 14.7 Å². The zero-order valence-corrected chi connectivity index (χ0v) is 14.4. The highest BCUT2D eigenvalue weighted by atomic mass is 32.2. The Morgan fingerprint density at radius 1 is 1.48 bits per heavy atom. The second-order valence-corrected chi connectivity index (χ2v) is 6.80. The van der Waals surface area contributed by atoms with Gasteiger partial charge < -0.3 is 4.55 Å². The summed E-state index contributed by atoms with van der Waals surface area (Å²) in [7, 11) is 0. The normalized spacial score (nSPS) is 14.3. The molecule has 2 unspecified atom stereocenters. The third-order valence-corrected chi connectivity index (χ3v) is 4.86. The molecule has 8 nitrogen and oxygen atoms in total. The van der Waals surface area contributed by atoms with Crippen LogP contribution in [0.1, 0.15) is 18.9 Å². The lowest BCUT2D eigenvalue weighted by Gasteiger charge is -2.25. The minimum absolute atomic E-state index is 0.201. The Morgan fingerprint density at radius 3 is 2.84 bits per heavy atom. The first-order valence-corrected chi connectivity index (χ1v) is 8.71. The molecule has 2 aromatic rings. The van der Waals surface area contributed by atoms with Crippen molar-refractivity contribution in [2.24, 2.45) is 5.41 Å². The fourth-order valence-electron chi connectivity index (χ4n) is 2.48. The summed E-state index contributed by atoms with van der Waals surface area (Å²) in [5.41, 5.74) is 2.37. The highest BCUT2D eigenvalue weighted by Crippen LogP contribution is 2.26. The summed E-state index contributed by atoms with van der Waals surface area (Å²) in [6.07, 6.45) is 3.56. The van der Waals surface area contributed by atoms with E-state index in [4.69, 9.17) is 9.76 Å². The Kier molecular flexibility index (Phi) is 6.03. The van der Waals surface area contributed by atoms with Crippen molar-refractivity contribution in [3.63, 3.8) is 0 Å². The van der Waals surface area contributed by atoms with Gasteiger partial charge in [0.1, 0.15) is 0 Å². The van der Waals surface area contributed by atoms with E-state index in [1.165, 1.54) is 6.92 Å². The van der Waals surface area contributed by atoms with E-state index in [-0.39, 0.29) is 12.2 Å². The van der Waals surface area contributed by atoms with Crippen molar-refractivity contribution in [1.29, 1.82) is 5.26 Å². The molecular weight excluding hydrogens is 344 g/mol. The molecule has 1 aromatic heterocycles. The number of nitrogens with zero attached hydrogens (tertiary/aromatic N) is 3. The summed E-state index contributed by atoms with van der Waals surface area (Å²) in [6.45, 7) is 1.80. The van der Waals surface area contributed by atoms with Gasteiger partial charge in [-0.05, 0) is 19.4 Å². The molecule has 0 bridgehead atoms. The Bertz CT molecular complexity index is 830. The predicted molar refractivity (Wildman–Crippen MR) is 90.7 cm³/mol. The lowest BCUT2D eigenvalue weighted by molar-refractivity contribution is -0.138. The van der Waals surface area contributed by atoms with Crippen LogP contribution >= 0.6 is 0 Å². The Balaban J connectivity index is 2.16. The maximum absolute atomic E-state index is 11.8. The number of hydrogen-bond donors (Lipinski definition) is 3. The van der Waals surface area contributed by atoms with Crippen LogP contribution in [0.5, 0.6) is 0 Å². The molecule has 2 rings (SSSR count). The number of amides is 1. The quantitative estimate of drug-likeness (QED) is 0.389. The number of nitriles is 1. The van der Waals surface area contributed by atoms with E-state index < -0.39 is 22.4 Å².